The Bertz CT molecular complexity index is 318. The van der Waals surface area contributed by atoms with Gasteiger partial charge in [0, 0.05) is 24.8 Å². The molecule has 1 aliphatic rings. The van der Waals surface area contributed by atoms with Gasteiger partial charge in [-0.25, -0.2) is 4.98 Å². The van der Waals surface area contributed by atoms with Gasteiger partial charge in [-0.05, 0) is 30.5 Å². The molecule has 0 spiro atoms. The Balaban J connectivity index is 1.92. The van der Waals surface area contributed by atoms with Crippen molar-refractivity contribution in [2.75, 3.05) is 5.32 Å². The van der Waals surface area contributed by atoms with E-state index in [1.165, 1.54) is 18.4 Å². The summed E-state index contributed by atoms with van der Waals surface area (Å²) in [6, 6.07) is 5.39. The molecule has 3 nitrogen and oxygen atoms in total. The quantitative estimate of drug-likeness (QED) is 0.773. The number of rotatable bonds is 5. The number of nitrogens with zero attached hydrogens (tertiary/aromatic N) is 1. The highest BCUT2D eigenvalue weighted by Crippen LogP contribution is 2.23. The summed E-state index contributed by atoms with van der Waals surface area (Å²) in [4.78, 5) is 4.31. The van der Waals surface area contributed by atoms with Gasteiger partial charge in [-0.15, -0.1) is 0 Å². The van der Waals surface area contributed by atoms with Crippen LogP contribution in [-0.2, 0) is 6.54 Å². The molecule has 82 valence electrons. The number of anilines is 1. The van der Waals surface area contributed by atoms with Gasteiger partial charge in [0.1, 0.15) is 5.82 Å². The van der Waals surface area contributed by atoms with Crippen molar-refractivity contribution in [1.29, 1.82) is 0 Å². The van der Waals surface area contributed by atoms with Crippen LogP contribution in [0.4, 0.5) is 5.82 Å². The Morgan fingerprint density at radius 2 is 2.27 bits per heavy atom. The molecule has 15 heavy (non-hydrogen) atoms. The van der Waals surface area contributed by atoms with Crippen molar-refractivity contribution < 1.29 is 0 Å². The molecule has 0 saturated heterocycles. The SMILES string of the molecule is CC(C)NCc1ccnc(NC2CC2)c1. The Labute approximate surface area is 91.3 Å². The average molecular weight is 205 g/mol. The lowest BCUT2D eigenvalue weighted by Crippen LogP contribution is -2.21. The topological polar surface area (TPSA) is 37.0 Å². The smallest absolute Gasteiger partial charge is 0.126 e. The monoisotopic (exact) mass is 205 g/mol. The van der Waals surface area contributed by atoms with Gasteiger partial charge in [0.15, 0.2) is 0 Å². The van der Waals surface area contributed by atoms with Gasteiger partial charge >= 0.3 is 0 Å². The first-order valence-corrected chi connectivity index (χ1v) is 5.69. The highest BCUT2D eigenvalue weighted by atomic mass is 15.0. The molecule has 1 heterocycles. The van der Waals surface area contributed by atoms with Gasteiger partial charge in [0.05, 0.1) is 0 Å². The fourth-order valence-electron chi connectivity index (χ4n) is 1.42. The van der Waals surface area contributed by atoms with E-state index in [1.54, 1.807) is 0 Å². The molecule has 0 atom stereocenters. The van der Waals surface area contributed by atoms with Crippen LogP contribution in [0.2, 0.25) is 0 Å². The van der Waals surface area contributed by atoms with Crippen LogP contribution < -0.4 is 10.6 Å². The lowest BCUT2D eigenvalue weighted by Gasteiger charge is -2.09. The van der Waals surface area contributed by atoms with E-state index in [-0.39, 0.29) is 0 Å². The predicted molar refractivity (Wildman–Crippen MR) is 62.9 cm³/mol. The van der Waals surface area contributed by atoms with E-state index in [9.17, 15) is 0 Å². The molecule has 1 fully saturated rings. The van der Waals surface area contributed by atoms with Crippen LogP contribution in [0.1, 0.15) is 32.3 Å². The molecule has 0 aliphatic heterocycles. The van der Waals surface area contributed by atoms with Gasteiger partial charge < -0.3 is 10.6 Å². The third-order valence-corrected chi connectivity index (χ3v) is 2.47. The van der Waals surface area contributed by atoms with Crippen molar-refractivity contribution >= 4 is 5.82 Å². The number of hydrogen-bond donors (Lipinski definition) is 2. The molecule has 0 radical (unpaired) electrons. The first-order valence-electron chi connectivity index (χ1n) is 5.69. The third kappa shape index (κ3) is 3.51. The largest absolute Gasteiger partial charge is 0.367 e. The van der Waals surface area contributed by atoms with Crippen LogP contribution in [0.5, 0.6) is 0 Å². The highest BCUT2D eigenvalue weighted by Gasteiger charge is 2.21. The van der Waals surface area contributed by atoms with E-state index >= 15 is 0 Å². The molecule has 1 aromatic rings. The minimum Gasteiger partial charge on any atom is -0.367 e. The summed E-state index contributed by atoms with van der Waals surface area (Å²) in [6.07, 6.45) is 4.45. The molecular formula is C12H19N3. The summed E-state index contributed by atoms with van der Waals surface area (Å²) >= 11 is 0. The normalized spacial score (nSPS) is 15.7. The molecule has 2 rings (SSSR count). The molecule has 0 unspecified atom stereocenters. The summed E-state index contributed by atoms with van der Waals surface area (Å²) in [6.45, 7) is 5.23. The molecule has 0 amide bonds. The molecule has 2 N–H and O–H groups in total. The second-order valence-corrected chi connectivity index (χ2v) is 4.50. The van der Waals surface area contributed by atoms with Crippen LogP contribution in [0.25, 0.3) is 0 Å². The lowest BCUT2D eigenvalue weighted by atomic mass is 10.2. The highest BCUT2D eigenvalue weighted by molar-refractivity contribution is 5.39. The van der Waals surface area contributed by atoms with Crippen LogP contribution in [0, 0.1) is 0 Å². The van der Waals surface area contributed by atoms with E-state index in [4.69, 9.17) is 0 Å². The zero-order chi connectivity index (χ0) is 10.7. The summed E-state index contributed by atoms with van der Waals surface area (Å²) in [5.74, 6) is 1.01. The standard InChI is InChI=1S/C12H19N3/c1-9(2)14-8-10-5-6-13-12(7-10)15-11-3-4-11/h5-7,9,11,14H,3-4,8H2,1-2H3,(H,13,15). The van der Waals surface area contributed by atoms with Crippen molar-refractivity contribution in [3.63, 3.8) is 0 Å². The number of nitrogens with one attached hydrogen (secondary N) is 2. The summed E-state index contributed by atoms with van der Waals surface area (Å²) in [5, 5.41) is 6.81. The summed E-state index contributed by atoms with van der Waals surface area (Å²) < 4.78 is 0. The Hall–Kier alpha value is -1.09. The molecule has 0 bridgehead atoms. The summed E-state index contributed by atoms with van der Waals surface area (Å²) in [5.41, 5.74) is 1.29. The number of pyridine rings is 1. The van der Waals surface area contributed by atoms with Gasteiger partial charge in [0.2, 0.25) is 0 Å². The third-order valence-electron chi connectivity index (χ3n) is 2.47. The Morgan fingerprint density at radius 3 is 2.93 bits per heavy atom. The second-order valence-electron chi connectivity index (χ2n) is 4.50. The Morgan fingerprint density at radius 1 is 1.47 bits per heavy atom. The molecule has 1 aliphatic carbocycles. The maximum atomic E-state index is 4.31. The minimum absolute atomic E-state index is 0.526. The first-order chi connectivity index (χ1) is 7.24. The van der Waals surface area contributed by atoms with E-state index in [0.29, 0.717) is 12.1 Å². The molecular weight excluding hydrogens is 186 g/mol. The number of aromatic nitrogens is 1. The summed E-state index contributed by atoms with van der Waals surface area (Å²) in [7, 11) is 0. The van der Waals surface area contributed by atoms with Crippen LogP contribution in [-0.4, -0.2) is 17.1 Å². The van der Waals surface area contributed by atoms with Gasteiger partial charge in [-0.1, -0.05) is 13.8 Å². The van der Waals surface area contributed by atoms with Crippen molar-refractivity contribution in [3.8, 4) is 0 Å². The fourth-order valence-corrected chi connectivity index (χ4v) is 1.42. The van der Waals surface area contributed by atoms with Crippen molar-refractivity contribution in [2.24, 2.45) is 0 Å². The lowest BCUT2D eigenvalue weighted by molar-refractivity contribution is 0.588. The maximum absolute atomic E-state index is 4.31. The van der Waals surface area contributed by atoms with Crippen molar-refractivity contribution in [3.05, 3.63) is 23.9 Å². The zero-order valence-electron chi connectivity index (χ0n) is 9.46. The second kappa shape index (κ2) is 4.62. The molecule has 1 aromatic heterocycles. The maximum Gasteiger partial charge on any atom is 0.126 e. The van der Waals surface area contributed by atoms with Crippen LogP contribution in [0.15, 0.2) is 18.3 Å². The van der Waals surface area contributed by atoms with E-state index in [1.807, 2.05) is 6.20 Å². The van der Waals surface area contributed by atoms with Gasteiger partial charge in [-0.3, -0.25) is 0 Å². The van der Waals surface area contributed by atoms with E-state index in [0.717, 1.165) is 12.4 Å². The van der Waals surface area contributed by atoms with Crippen LogP contribution in [0.3, 0.4) is 0 Å². The van der Waals surface area contributed by atoms with Crippen LogP contribution >= 0.6 is 0 Å². The molecule has 3 heteroatoms. The molecule has 1 saturated carbocycles. The zero-order valence-corrected chi connectivity index (χ0v) is 9.46. The Kier molecular flexibility index (Phi) is 3.21. The van der Waals surface area contributed by atoms with Crippen molar-refractivity contribution in [1.82, 2.24) is 10.3 Å². The minimum atomic E-state index is 0.526. The van der Waals surface area contributed by atoms with Crippen molar-refractivity contribution in [2.45, 2.75) is 45.3 Å². The average Bonchev–Trinajstić information content (AvgIpc) is 2.99. The molecule has 0 aromatic carbocycles. The van der Waals surface area contributed by atoms with Gasteiger partial charge in [-0.2, -0.15) is 0 Å². The van der Waals surface area contributed by atoms with Gasteiger partial charge in [0.25, 0.3) is 0 Å². The fraction of sp³-hybridized carbons (Fsp3) is 0.583. The predicted octanol–water partition coefficient (Wildman–Crippen LogP) is 2.15. The number of hydrogen-bond acceptors (Lipinski definition) is 3. The van der Waals surface area contributed by atoms with E-state index in [2.05, 4.69) is 41.6 Å². The first kappa shape index (κ1) is 10.4. The van der Waals surface area contributed by atoms with E-state index < -0.39 is 0 Å².